The first-order valence-electron chi connectivity index (χ1n) is 8.38. The van der Waals surface area contributed by atoms with Gasteiger partial charge in [-0.25, -0.2) is 0 Å². The van der Waals surface area contributed by atoms with Crippen LogP contribution in [0.1, 0.15) is 41.8 Å². The van der Waals surface area contributed by atoms with Crippen molar-refractivity contribution >= 4 is 11.8 Å². The van der Waals surface area contributed by atoms with E-state index in [-0.39, 0.29) is 24.5 Å². The van der Waals surface area contributed by atoms with E-state index in [1.54, 1.807) is 11.0 Å². The van der Waals surface area contributed by atoms with E-state index in [4.69, 9.17) is 9.15 Å². The molecular formula is C17H24N2O4. The predicted molar refractivity (Wildman–Crippen MR) is 84.1 cm³/mol. The number of amides is 2. The van der Waals surface area contributed by atoms with Crippen LogP contribution in [0.2, 0.25) is 0 Å². The van der Waals surface area contributed by atoms with Gasteiger partial charge >= 0.3 is 0 Å². The third-order valence-electron chi connectivity index (χ3n) is 4.58. The maximum atomic E-state index is 12.8. The summed E-state index contributed by atoms with van der Waals surface area (Å²) in [5, 5.41) is 0. The number of ether oxygens (including phenoxy) is 1. The average Bonchev–Trinajstić information content (AvgIpc) is 3.28. The Morgan fingerprint density at radius 1 is 1.30 bits per heavy atom. The highest BCUT2D eigenvalue weighted by molar-refractivity contribution is 5.95. The van der Waals surface area contributed by atoms with E-state index in [1.165, 1.54) is 6.26 Å². The Morgan fingerprint density at radius 3 is 2.70 bits per heavy atom. The molecule has 0 bridgehead atoms. The molecule has 6 nitrogen and oxygen atoms in total. The molecule has 2 aliphatic rings. The Balaban J connectivity index is 1.71. The lowest BCUT2D eigenvalue weighted by Gasteiger charge is -2.26. The largest absolute Gasteiger partial charge is 0.459 e. The summed E-state index contributed by atoms with van der Waals surface area (Å²) in [5.41, 5.74) is 0.793. The standard InChI is InChI=1S/C17H24N2O4/c1-13-6-10-23-16(13)17(21)19(11-14-5-4-9-22-14)12-15(20)18-7-2-3-8-18/h6,10,14H,2-5,7-9,11-12H2,1H3/t14-/m0/s1. The molecule has 2 aliphatic heterocycles. The van der Waals surface area contributed by atoms with Gasteiger partial charge in [0, 0.05) is 31.8 Å². The maximum absolute atomic E-state index is 12.8. The highest BCUT2D eigenvalue weighted by Gasteiger charge is 2.29. The molecule has 0 aliphatic carbocycles. The zero-order valence-electron chi connectivity index (χ0n) is 13.6. The topological polar surface area (TPSA) is 63.0 Å². The van der Waals surface area contributed by atoms with Crippen LogP contribution >= 0.6 is 0 Å². The minimum atomic E-state index is -0.226. The Bertz CT molecular complexity index is 557. The molecule has 0 spiro atoms. The van der Waals surface area contributed by atoms with Crippen LogP contribution in [-0.2, 0) is 9.53 Å². The molecule has 2 saturated heterocycles. The molecule has 0 unspecified atom stereocenters. The van der Waals surface area contributed by atoms with Crippen molar-refractivity contribution < 1.29 is 18.7 Å². The molecule has 126 valence electrons. The summed E-state index contributed by atoms with van der Waals surface area (Å²) in [4.78, 5) is 28.6. The van der Waals surface area contributed by atoms with Gasteiger partial charge in [0.15, 0.2) is 5.76 Å². The Labute approximate surface area is 136 Å². The quantitative estimate of drug-likeness (QED) is 0.830. The molecule has 2 amide bonds. The highest BCUT2D eigenvalue weighted by atomic mass is 16.5. The van der Waals surface area contributed by atoms with Crippen LogP contribution in [0.3, 0.4) is 0 Å². The zero-order valence-corrected chi connectivity index (χ0v) is 13.6. The van der Waals surface area contributed by atoms with Crippen LogP contribution in [0.15, 0.2) is 16.7 Å². The number of nitrogens with zero attached hydrogens (tertiary/aromatic N) is 2. The Morgan fingerprint density at radius 2 is 2.09 bits per heavy atom. The molecule has 3 heterocycles. The molecule has 0 saturated carbocycles. The zero-order chi connectivity index (χ0) is 16.2. The van der Waals surface area contributed by atoms with Crippen molar-refractivity contribution in [3.8, 4) is 0 Å². The summed E-state index contributed by atoms with van der Waals surface area (Å²) in [5.74, 6) is 0.103. The van der Waals surface area contributed by atoms with Gasteiger partial charge in [0.05, 0.1) is 12.4 Å². The number of likely N-dealkylation sites (tertiary alicyclic amines) is 1. The highest BCUT2D eigenvalue weighted by Crippen LogP contribution is 2.18. The molecular weight excluding hydrogens is 296 g/mol. The molecule has 0 aromatic carbocycles. The van der Waals surface area contributed by atoms with Crippen LogP contribution in [0.5, 0.6) is 0 Å². The summed E-state index contributed by atoms with van der Waals surface area (Å²) in [6.45, 7) is 4.69. The summed E-state index contributed by atoms with van der Waals surface area (Å²) < 4.78 is 11.0. The molecule has 0 N–H and O–H groups in total. The normalized spacial score (nSPS) is 20.9. The number of rotatable bonds is 5. The smallest absolute Gasteiger partial charge is 0.290 e. The van der Waals surface area contributed by atoms with Gasteiger partial charge in [0.1, 0.15) is 6.54 Å². The number of furan rings is 1. The molecule has 1 aromatic heterocycles. The molecule has 1 aromatic rings. The van der Waals surface area contributed by atoms with Crippen molar-refractivity contribution in [1.82, 2.24) is 9.80 Å². The Kier molecular flexibility index (Phi) is 5.00. The summed E-state index contributed by atoms with van der Waals surface area (Å²) in [7, 11) is 0. The van der Waals surface area contributed by atoms with E-state index in [0.29, 0.717) is 12.3 Å². The van der Waals surface area contributed by atoms with E-state index in [1.807, 2.05) is 11.8 Å². The lowest BCUT2D eigenvalue weighted by atomic mass is 10.2. The van der Waals surface area contributed by atoms with Gasteiger partial charge in [-0.2, -0.15) is 0 Å². The predicted octanol–water partition coefficient (Wildman–Crippen LogP) is 1.83. The summed E-state index contributed by atoms with van der Waals surface area (Å²) in [6.07, 6.45) is 5.55. The van der Waals surface area contributed by atoms with E-state index >= 15 is 0 Å². The number of aryl methyl sites for hydroxylation is 1. The van der Waals surface area contributed by atoms with Crippen molar-refractivity contribution in [1.29, 1.82) is 0 Å². The lowest BCUT2D eigenvalue weighted by molar-refractivity contribution is -0.131. The first-order valence-corrected chi connectivity index (χ1v) is 8.38. The van der Waals surface area contributed by atoms with Gasteiger partial charge < -0.3 is 19.0 Å². The SMILES string of the molecule is Cc1ccoc1C(=O)N(CC(=O)N1CCCC1)C[C@@H]1CCCO1. The summed E-state index contributed by atoms with van der Waals surface area (Å²) in [6, 6.07) is 1.76. The van der Waals surface area contributed by atoms with Crippen molar-refractivity contribution in [2.24, 2.45) is 0 Å². The Hall–Kier alpha value is -1.82. The van der Waals surface area contributed by atoms with Gasteiger partial charge in [-0.15, -0.1) is 0 Å². The molecule has 6 heteroatoms. The van der Waals surface area contributed by atoms with Crippen molar-refractivity contribution in [3.05, 3.63) is 23.7 Å². The third-order valence-corrected chi connectivity index (χ3v) is 4.58. The van der Waals surface area contributed by atoms with Gasteiger partial charge in [0.2, 0.25) is 5.91 Å². The molecule has 0 radical (unpaired) electrons. The van der Waals surface area contributed by atoms with E-state index < -0.39 is 0 Å². The van der Waals surface area contributed by atoms with E-state index in [2.05, 4.69) is 0 Å². The minimum absolute atomic E-state index is 0.0121. The van der Waals surface area contributed by atoms with Crippen LogP contribution in [0, 0.1) is 6.92 Å². The average molecular weight is 320 g/mol. The van der Waals surface area contributed by atoms with E-state index in [9.17, 15) is 9.59 Å². The fourth-order valence-corrected chi connectivity index (χ4v) is 3.22. The lowest BCUT2D eigenvalue weighted by Crippen LogP contribution is -2.45. The number of carbonyl (C=O) groups excluding carboxylic acids is 2. The number of hydrogen-bond donors (Lipinski definition) is 0. The number of hydrogen-bond acceptors (Lipinski definition) is 4. The van der Waals surface area contributed by atoms with Gasteiger partial charge in [-0.1, -0.05) is 0 Å². The second-order valence-electron chi connectivity index (χ2n) is 6.34. The van der Waals surface area contributed by atoms with Crippen LogP contribution in [-0.4, -0.2) is 60.5 Å². The molecule has 3 rings (SSSR count). The van der Waals surface area contributed by atoms with Gasteiger partial charge in [0.25, 0.3) is 5.91 Å². The monoisotopic (exact) mass is 320 g/mol. The van der Waals surface area contributed by atoms with E-state index in [0.717, 1.165) is 50.9 Å². The first kappa shape index (κ1) is 16.1. The van der Waals surface area contributed by atoms with Crippen molar-refractivity contribution in [2.75, 3.05) is 32.8 Å². The molecule has 1 atom stereocenters. The van der Waals surface area contributed by atoms with Crippen LogP contribution in [0.25, 0.3) is 0 Å². The second kappa shape index (κ2) is 7.17. The number of carbonyl (C=O) groups is 2. The molecule has 23 heavy (non-hydrogen) atoms. The van der Waals surface area contributed by atoms with Crippen LogP contribution in [0.4, 0.5) is 0 Å². The van der Waals surface area contributed by atoms with Gasteiger partial charge in [-0.3, -0.25) is 9.59 Å². The fourth-order valence-electron chi connectivity index (χ4n) is 3.22. The second-order valence-corrected chi connectivity index (χ2v) is 6.34. The van der Waals surface area contributed by atoms with Gasteiger partial charge in [-0.05, 0) is 38.7 Å². The fraction of sp³-hybridized carbons (Fsp3) is 0.647. The third kappa shape index (κ3) is 3.75. The van der Waals surface area contributed by atoms with Crippen molar-refractivity contribution in [3.63, 3.8) is 0 Å². The molecule has 2 fully saturated rings. The van der Waals surface area contributed by atoms with Crippen LogP contribution < -0.4 is 0 Å². The maximum Gasteiger partial charge on any atom is 0.290 e. The summed E-state index contributed by atoms with van der Waals surface area (Å²) >= 11 is 0. The van der Waals surface area contributed by atoms with Crippen molar-refractivity contribution in [2.45, 2.75) is 38.7 Å². The first-order chi connectivity index (χ1) is 11.1. The minimum Gasteiger partial charge on any atom is -0.459 e.